The number of halogens is 3. The van der Waals surface area contributed by atoms with E-state index in [0.29, 0.717) is 6.54 Å². The second kappa shape index (κ2) is 6.59. The van der Waals surface area contributed by atoms with Crippen LogP contribution >= 0.6 is 0 Å². The van der Waals surface area contributed by atoms with Crippen molar-refractivity contribution >= 4 is 0 Å². The van der Waals surface area contributed by atoms with Crippen molar-refractivity contribution in [3.05, 3.63) is 34.4 Å². The number of rotatable bonds is 5. The van der Waals surface area contributed by atoms with Crippen molar-refractivity contribution in [3.8, 4) is 0 Å². The van der Waals surface area contributed by atoms with Crippen LogP contribution in [0.3, 0.4) is 0 Å². The van der Waals surface area contributed by atoms with E-state index < -0.39 is 18.8 Å². The van der Waals surface area contributed by atoms with Crippen molar-refractivity contribution in [3.63, 3.8) is 0 Å². The molecule has 0 amide bonds. The normalized spacial score (nSPS) is 13.8. The fourth-order valence-electron chi connectivity index (χ4n) is 2.70. The summed E-state index contributed by atoms with van der Waals surface area (Å²) in [4.78, 5) is 1.34. The number of aryl methyl sites for hydroxylation is 3. The van der Waals surface area contributed by atoms with Gasteiger partial charge in [-0.15, -0.1) is 0 Å². The van der Waals surface area contributed by atoms with Gasteiger partial charge in [-0.05, 0) is 44.0 Å². The molecule has 1 atom stereocenters. The highest BCUT2D eigenvalue weighted by Crippen LogP contribution is 2.24. The molecule has 0 aliphatic carbocycles. The molecule has 5 heteroatoms. The van der Waals surface area contributed by atoms with Gasteiger partial charge >= 0.3 is 6.18 Å². The largest absolute Gasteiger partial charge is 0.401 e. The molecule has 0 aromatic heterocycles. The zero-order valence-corrected chi connectivity index (χ0v) is 12.5. The Bertz CT molecular complexity index is 432. The van der Waals surface area contributed by atoms with Crippen molar-refractivity contribution in [1.29, 1.82) is 0 Å². The zero-order chi connectivity index (χ0) is 15.5. The summed E-state index contributed by atoms with van der Waals surface area (Å²) in [5.74, 6) is 0. The SMILES string of the molecule is CCN(CC(N)c1c(C)cc(C)cc1C)CC(F)(F)F. The van der Waals surface area contributed by atoms with E-state index >= 15 is 0 Å². The fourth-order valence-corrected chi connectivity index (χ4v) is 2.70. The van der Waals surface area contributed by atoms with E-state index in [0.717, 1.165) is 22.3 Å². The Morgan fingerprint density at radius 1 is 1.15 bits per heavy atom. The third-order valence-corrected chi connectivity index (χ3v) is 3.41. The molecule has 0 radical (unpaired) electrons. The highest BCUT2D eigenvalue weighted by Gasteiger charge is 2.31. The van der Waals surface area contributed by atoms with Gasteiger partial charge in [0.25, 0.3) is 0 Å². The maximum absolute atomic E-state index is 12.5. The fraction of sp³-hybridized carbons (Fsp3) is 0.600. The van der Waals surface area contributed by atoms with Crippen molar-refractivity contribution in [2.45, 2.75) is 39.9 Å². The van der Waals surface area contributed by atoms with E-state index in [4.69, 9.17) is 5.73 Å². The minimum absolute atomic E-state index is 0.209. The van der Waals surface area contributed by atoms with E-state index in [1.54, 1.807) is 6.92 Å². The molecule has 0 aliphatic rings. The minimum Gasteiger partial charge on any atom is -0.323 e. The molecule has 0 saturated heterocycles. The van der Waals surface area contributed by atoms with E-state index in [1.165, 1.54) is 4.90 Å². The Balaban J connectivity index is 2.87. The molecule has 2 nitrogen and oxygen atoms in total. The maximum Gasteiger partial charge on any atom is 0.401 e. The van der Waals surface area contributed by atoms with Crippen LogP contribution in [0.5, 0.6) is 0 Å². The third kappa shape index (κ3) is 4.80. The second-order valence-corrected chi connectivity index (χ2v) is 5.36. The van der Waals surface area contributed by atoms with Gasteiger partial charge in [-0.2, -0.15) is 13.2 Å². The summed E-state index contributed by atoms with van der Waals surface area (Å²) in [6.07, 6.45) is -4.19. The van der Waals surface area contributed by atoms with Crippen LogP contribution in [0.25, 0.3) is 0 Å². The topological polar surface area (TPSA) is 29.3 Å². The molecule has 20 heavy (non-hydrogen) atoms. The molecular formula is C15H23F3N2. The van der Waals surface area contributed by atoms with Crippen LogP contribution < -0.4 is 5.73 Å². The number of nitrogens with zero attached hydrogens (tertiary/aromatic N) is 1. The van der Waals surface area contributed by atoms with Crippen LogP contribution in [0.2, 0.25) is 0 Å². The molecular weight excluding hydrogens is 265 g/mol. The van der Waals surface area contributed by atoms with Crippen LogP contribution in [0.1, 0.15) is 35.2 Å². The minimum atomic E-state index is -4.19. The predicted molar refractivity (Wildman–Crippen MR) is 75.8 cm³/mol. The summed E-state index contributed by atoms with van der Waals surface area (Å²) in [5.41, 5.74) is 10.3. The van der Waals surface area contributed by atoms with E-state index in [-0.39, 0.29) is 6.54 Å². The summed E-state index contributed by atoms with van der Waals surface area (Å²) in [5, 5.41) is 0. The third-order valence-electron chi connectivity index (χ3n) is 3.41. The number of alkyl halides is 3. The lowest BCUT2D eigenvalue weighted by atomic mass is 9.94. The quantitative estimate of drug-likeness (QED) is 0.898. The maximum atomic E-state index is 12.5. The lowest BCUT2D eigenvalue weighted by Crippen LogP contribution is -2.39. The molecule has 1 rings (SSSR count). The van der Waals surface area contributed by atoms with Crippen molar-refractivity contribution in [2.75, 3.05) is 19.6 Å². The molecule has 1 aromatic rings. The smallest absolute Gasteiger partial charge is 0.323 e. The van der Waals surface area contributed by atoms with Gasteiger partial charge < -0.3 is 5.73 Å². The average molecular weight is 288 g/mol. The monoisotopic (exact) mass is 288 g/mol. The highest BCUT2D eigenvalue weighted by molar-refractivity contribution is 5.39. The first-order valence-electron chi connectivity index (χ1n) is 6.76. The van der Waals surface area contributed by atoms with Crippen molar-refractivity contribution in [2.24, 2.45) is 5.73 Å². The van der Waals surface area contributed by atoms with Crippen LogP contribution in [0, 0.1) is 20.8 Å². The predicted octanol–water partition coefficient (Wildman–Crippen LogP) is 3.50. The van der Waals surface area contributed by atoms with Crippen molar-refractivity contribution in [1.82, 2.24) is 4.90 Å². The van der Waals surface area contributed by atoms with E-state index in [1.807, 2.05) is 32.9 Å². The molecule has 1 unspecified atom stereocenters. The zero-order valence-electron chi connectivity index (χ0n) is 12.5. The van der Waals surface area contributed by atoms with Crippen LogP contribution in [0.4, 0.5) is 13.2 Å². The molecule has 2 N–H and O–H groups in total. The van der Waals surface area contributed by atoms with E-state index in [2.05, 4.69) is 0 Å². The summed E-state index contributed by atoms with van der Waals surface area (Å²) in [7, 11) is 0. The second-order valence-electron chi connectivity index (χ2n) is 5.36. The van der Waals surface area contributed by atoms with E-state index in [9.17, 15) is 13.2 Å². The molecule has 0 saturated carbocycles. The van der Waals surface area contributed by atoms with Gasteiger partial charge in [0.2, 0.25) is 0 Å². The van der Waals surface area contributed by atoms with Gasteiger partial charge in [0.05, 0.1) is 6.54 Å². The Kier molecular flexibility index (Phi) is 5.59. The summed E-state index contributed by atoms with van der Waals surface area (Å²) < 4.78 is 37.4. The first-order valence-corrected chi connectivity index (χ1v) is 6.76. The van der Waals surface area contributed by atoms with Gasteiger partial charge in [-0.1, -0.05) is 24.6 Å². The Hall–Kier alpha value is -1.07. The number of hydrogen-bond acceptors (Lipinski definition) is 2. The standard InChI is InChI=1S/C15H23F3N2/c1-5-20(9-15(16,17)18)8-13(19)14-11(3)6-10(2)7-12(14)4/h6-7,13H,5,8-9,19H2,1-4H3. The molecule has 1 aromatic carbocycles. The van der Waals surface area contributed by atoms with Crippen LogP contribution in [-0.4, -0.2) is 30.7 Å². The highest BCUT2D eigenvalue weighted by atomic mass is 19.4. The summed E-state index contributed by atoms with van der Waals surface area (Å²) >= 11 is 0. The molecule has 0 bridgehead atoms. The van der Waals surface area contributed by atoms with Gasteiger partial charge in [0.1, 0.15) is 0 Å². The van der Waals surface area contributed by atoms with Crippen LogP contribution in [0.15, 0.2) is 12.1 Å². The summed E-state index contributed by atoms with van der Waals surface area (Å²) in [6.45, 7) is 7.24. The molecule has 0 aliphatic heterocycles. The number of hydrogen-bond donors (Lipinski definition) is 1. The molecule has 114 valence electrons. The summed E-state index contributed by atoms with van der Waals surface area (Å²) in [6, 6.07) is 3.63. The van der Waals surface area contributed by atoms with Crippen molar-refractivity contribution < 1.29 is 13.2 Å². The van der Waals surface area contributed by atoms with Gasteiger partial charge in [-0.3, -0.25) is 4.90 Å². The lowest BCUT2D eigenvalue weighted by molar-refractivity contribution is -0.145. The number of likely N-dealkylation sites (N-methyl/N-ethyl adjacent to an activating group) is 1. The first kappa shape index (κ1) is 17.0. The van der Waals surface area contributed by atoms with Gasteiger partial charge in [-0.25, -0.2) is 0 Å². The number of nitrogens with two attached hydrogens (primary N) is 1. The van der Waals surface area contributed by atoms with Crippen LogP contribution in [-0.2, 0) is 0 Å². The molecule has 0 spiro atoms. The number of benzene rings is 1. The van der Waals surface area contributed by atoms with Gasteiger partial charge in [0.15, 0.2) is 0 Å². The Morgan fingerprint density at radius 2 is 1.65 bits per heavy atom. The average Bonchev–Trinajstić information content (AvgIpc) is 2.24. The lowest BCUT2D eigenvalue weighted by Gasteiger charge is -2.27. The Labute approximate surface area is 118 Å². The molecule has 0 heterocycles. The first-order chi connectivity index (χ1) is 9.14. The van der Waals surface area contributed by atoms with Gasteiger partial charge in [0, 0.05) is 12.6 Å². The Morgan fingerprint density at radius 3 is 2.05 bits per heavy atom. The molecule has 0 fully saturated rings.